The van der Waals surface area contributed by atoms with Crippen molar-refractivity contribution in [2.75, 3.05) is 11.4 Å². The number of halogens is 3. The van der Waals surface area contributed by atoms with Gasteiger partial charge in [0.15, 0.2) is 5.13 Å². The summed E-state index contributed by atoms with van der Waals surface area (Å²) in [6.07, 6.45) is -0.0527. The quantitative estimate of drug-likeness (QED) is 0.833. The van der Waals surface area contributed by atoms with Crippen LogP contribution in [0.2, 0.25) is 0 Å². The van der Waals surface area contributed by atoms with Crippen LogP contribution in [-0.4, -0.2) is 11.5 Å². The Bertz CT molecular complexity index is 550. The van der Waals surface area contributed by atoms with Gasteiger partial charge in [-0.05, 0) is 25.0 Å². The Morgan fingerprint density at radius 2 is 2.26 bits per heavy atom. The average molecular weight is 288 g/mol. The Labute approximate surface area is 111 Å². The number of aromatic nitrogens is 1. The SMILES string of the molecule is FC(F)(F)c1cnc(N2CCCC2c2ccco2)s1. The molecule has 0 radical (unpaired) electrons. The van der Waals surface area contributed by atoms with Crippen LogP contribution in [0.3, 0.4) is 0 Å². The van der Waals surface area contributed by atoms with Crippen molar-refractivity contribution in [3.8, 4) is 0 Å². The molecular weight excluding hydrogens is 277 g/mol. The molecule has 2 aromatic heterocycles. The smallest absolute Gasteiger partial charge is 0.427 e. The van der Waals surface area contributed by atoms with Crippen molar-refractivity contribution in [2.24, 2.45) is 0 Å². The van der Waals surface area contributed by atoms with E-state index in [9.17, 15) is 13.2 Å². The van der Waals surface area contributed by atoms with Gasteiger partial charge in [-0.2, -0.15) is 13.2 Å². The van der Waals surface area contributed by atoms with Gasteiger partial charge in [-0.3, -0.25) is 0 Å². The monoisotopic (exact) mass is 288 g/mol. The second kappa shape index (κ2) is 4.56. The lowest BCUT2D eigenvalue weighted by atomic mass is 10.2. The molecule has 7 heteroatoms. The Hall–Kier alpha value is -1.50. The summed E-state index contributed by atoms with van der Waals surface area (Å²) in [6.45, 7) is 0.705. The van der Waals surface area contributed by atoms with E-state index >= 15 is 0 Å². The van der Waals surface area contributed by atoms with Gasteiger partial charge < -0.3 is 9.32 Å². The third-order valence-electron chi connectivity index (χ3n) is 3.14. The Kier molecular flexibility index (Phi) is 3.00. The predicted octanol–water partition coefficient (Wildman–Crippen LogP) is 4.10. The minimum absolute atomic E-state index is 0.0118. The average Bonchev–Trinajstić information content (AvgIpc) is 3.09. The number of rotatable bonds is 2. The minimum Gasteiger partial charge on any atom is -0.467 e. The summed E-state index contributed by atoms with van der Waals surface area (Å²) in [4.78, 5) is 5.14. The first kappa shape index (κ1) is 12.5. The number of hydrogen-bond acceptors (Lipinski definition) is 4. The molecule has 1 saturated heterocycles. The number of nitrogens with zero attached hydrogens (tertiary/aromatic N) is 2. The Balaban J connectivity index is 1.87. The molecule has 1 aliphatic rings. The van der Waals surface area contributed by atoms with Crippen molar-refractivity contribution < 1.29 is 17.6 Å². The Morgan fingerprint density at radius 1 is 1.42 bits per heavy atom. The highest BCUT2D eigenvalue weighted by atomic mass is 32.1. The first-order chi connectivity index (χ1) is 9.05. The normalized spacial score (nSPS) is 20.2. The van der Waals surface area contributed by atoms with E-state index in [4.69, 9.17) is 4.42 Å². The van der Waals surface area contributed by atoms with Crippen LogP contribution in [0, 0.1) is 0 Å². The summed E-state index contributed by atoms with van der Waals surface area (Å²) in [5.41, 5.74) is 0. The maximum absolute atomic E-state index is 12.6. The second-order valence-electron chi connectivity index (χ2n) is 4.37. The van der Waals surface area contributed by atoms with Crippen LogP contribution in [0.1, 0.15) is 29.5 Å². The van der Waals surface area contributed by atoms with Crippen LogP contribution >= 0.6 is 11.3 Å². The molecule has 3 heterocycles. The predicted molar refractivity (Wildman–Crippen MR) is 65.1 cm³/mol. The van der Waals surface area contributed by atoms with Crippen molar-refractivity contribution in [1.82, 2.24) is 4.98 Å². The van der Waals surface area contributed by atoms with Gasteiger partial charge >= 0.3 is 6.18 Å². The van der Waals surface area contributed by atoms with Crippen molar-refractivity contribution in [3.63, 3.8) is 0 Å². The molecule has 2 aromatic rings. The molecular formula is C12H11F3N2OS. The summed E-state index contributed by atoms with van der Waals surface area (Å²) in [7, 11) is 0. The fraction of sp³-hybridized carbons (Fsp3) is 0.417. The first-order valence-electron chi connectivity index (χ1n) is 5.89. The van der Waals surface area contributed by atoms with Crippen LogP contribution in [0.4, 0.5) is 18.3 Å². The molecule has 19 heavy (non-hydrogen) atoms. The number of hydrogen-bond donors (Lipinski definition) is 0. The van der Waals surface area contributed by atoms with Gasteiger partial charge in [-0.25, -0.2) is 4.98 Å². The van der Waals surface area contributed by atoms with Crippen LogP contribution in [0.25, 0.3) is 0 Å². The van der Waals surface area contributed by atoms with Crippen LogP contribution in [0.5, 0.6) is 0 Å². The van der Waals surface area contributed by atoms with Crippen LogP contribution < -0.4 is 4.90 Å². The molecule has 1 fully saturated rings. The highest BCUT2D eigenvalue weighted by Gasteiger charge is 2.36. The third kappa shape index (κ3) is 2.34. The minimum atomic E-state index is -4.32. The third-order valence-corrected chi connectivity index (χ3v) is 4.22. The lowest BCUT2D eigenvalue weighted by Gasteiger charge is -2.22. The maximum Gasteiger partial charge on any atom is 0.427 e. The first-order valence-corrected chi connectivity index (χ1v) is 6.70. The van der Waals surface area contributed by atoms with Gasteiger partial charge in [0.25, 0.3) is 0 Å². The standard InChI is InChI=1S/C12H11F3N2OS/c13-12(14,15)10-7-16-11(19-10)17-5-1-3-8(17)9-4-2-6-18-9/h2,4,6-8H,1,3,5H2. The van der Waals surface area contributed by atoms with Crippen LogP contribution in [0.15, 0.2) is 29.0 Å². The molecule has 0 bridgehead atoms. The van der Waals surface area contributed by atoms with Crippen molar-refractivity contribution in [1.29, 1.82) is 0 Å². The van der Waals surface area contributed by atoms with E-state index in [2.05, 4.69) is 4.98 Å². The highest BCUT2D eigenvalue weighted by molar-refractivity contribution is 7.15. The molecule has 0 aliphatic carbocycles. The largest absolute Gasteiger partial charge is 0.467 e. The fourth-order valence-electron chi connectivity index (χ4n) is 2.30. The summed E-state index contributed by atoms with van der Waals surface area (Å²) >= 11 is 0.686. The van der Waals surface area contributed by atoms with E-state index in [-0.39, 0.29) is 6.04 Å². The molecule has 0 spiro atoms. The zero-order valence-corrected chi connectivity index (χ0v) is 10.7. The zero-order valence-electron chi connectivity index (χ0n) is 9.85. The van der Waals surface area contributed by atoms with E-state index in [0.29, 0.717) is 23.0 Å². The van der Waals surface area contributed by atoms with E-state index in [0.717, 1.165) is 24.8 Å². The van der Waals surface area contributed by atoms with Crippen LogP contribution in [-0.2, 0) is 6.18 Å². The molecule has 0 N–H and O–H groups in total. The second-order valence-corrected chi connectivity index (χ2v) is 5.38. The highest BCUT2D eigenvalue weighted by Crippen LogP contribution is 2.41. The molecule has 0 saturated carbocycles. The van der Waals surface area contributed by atoms with E-state index in [1.807, 2.05) is 11.0 Å². The zero-order chi connectivity index (χ0) is 13.5. The summed E-state index contributed by atoms with van der Waals surface area (Å²) in [5.74, 6) is 0.779. The topological polar surface area (TPSA) is 29.3 Å². The lowest BCUT2D eigenvalue weighted by molar-refractivity contribution is -0.134. The van der Waals surface area contributed by atoms with Gasteiger partial charge in [0.1, 0.15) is 10.6 Å². The number of alkyl halides is 3. The summed E-state index contributed by atoms with van der Waals surface area (Å²) in [6, 6.07) is 3.62. The molecule has 3 rings (SSSR count). The molecule has 102 valence electrons. The number of anilines is 1. The van der Waals surface area contributed by atoms with E-state index < -0.39 is 11.1 Å². The van der Waals surface area contributed by atoms with Crippen molar-refractivity contribution in [3.05, 3.63) is 35.2 Å². The molecule has 1 unspecified atom stereocenters. The maximum atomic E-state index is 12.6. The summed E-state index contributed by atoms with van der Waals surface area (Å²) < 4.78 is 43.1. The Morgan fingerprint density at radius 3 is 2.89 bits per heavy atom. The molecule has 1 aliphatic heterocycles. The number of thiazole rings is 1. The van der Waals surface area contributed by atoms with Crippen molar-refractivity contribution >= 4 is 16.5 Å². The molecule has 3 nitrogen and oxygen atoms in total. The van der Waals surface area contributed by atoms with Gasteiger partial charge in [-0.15, -0.1) is 0 Å². The van der Waals surface area contributed by atoms with Gasteiger partial charge in [-0.1, -0.05) is 11.3 Å². The summed E-state index contributed by atoms with van der Waals surface area (Å²) in [5, 5.41) is 0.409. The molecule has 0 amide bonds. The van der Waals surface area contributed by atoms with Gasteiger partial charge in [0, 0.05) is 6.54 Å². The van der Waals surface area contributed by atoms with Gasteiger partial charge in [0.2, 0.25) is 0 Å². The van der Waals surface area contributed by atoms with E-state index in [1.165, 1.54) is 0 Å². The van der Waals surface area contributed by atoms with Gasteiger partial charge in [0.05, 0.1) is 18.5 Å². The molecule has 0 aromatic carbocycles. The fourth-order valence-corrected chi connectivity index (χ4v) is 3.16. The lowest BCUT2D eigenvalue weighted by Crippen LogP contribution is -2.21. The molecule has 1 atom stereocenters. The number of furan rings is 1. The van der Waals surface area contributed by atoms with E-state index in [1.54, 1.807) is 12.3 Å². The van der Waals surface area contributed by atoms with Crippen molar-refractivity contribution in [2.45, 2.75) is 25.1 Å².